The summed E-state index contributed by atoms with van der Waals surface area (Å²) >= 11 is 1.70. The van der Waals surface area contributed by atoms with Crippen LogP contribution in [0.5, 0.6) is 0 Å². The van der Waals surface area contributed by atoms with E-state index in [9.17, 15) is 4.79 Å². The Bertz CT molecular complexity index is 638. The minimum absolute atomic E-state index is 0.243. The van der Waals surface area contributed by atoms with Crippen molar-refractivity contribution in [3.8, 4) is 0 Å². The van der Waals surface area contributed by atoms with Gasteiger partial charge in [-0.2, -0.15) is 0 Å². The molecule has 1 amide bonds. The highest BCUT2D eigenvalue weighted by Gasteiger charge is 2.18. The third kappa shape index (κ3) is 4.04. The molecule has 0 saturated heterocycles. The number of benzene rings is 1. The maximum absolute atomic E-state index is 10.7. The summed E-state index contributed by atoms with van der Waals surface area (Å²) in [7, 11) is 1.99. The van der Waals surface area contributed by atoms with Gasteiger partial charge in [-0.1, -0.05) is 43.8 Å². The quantitative estimate of drug-likeness (QED) is 0.886. The van der Waals surface area contributed by atoms with Gasteiger partial charge in [-0.15, -0.1) is 0 Å². The number of rotatable bonds is 6. The molecule has 22 heavy (non-hydrogen) atoms. The van der Waals surface area contributed by atoms with Crippen molar-refractivity contribution in [3.63, 3.8) is 0 Å². The molecule has 0 radical (unpaired) electrons. The lowest BCUT2D eigenvalue weighted by atomic mass is 10.1. The van der Waals surface area contributed by atoms with Gasteiger partial charge in [-0.05, 0) is 18.1 Å². The highest BCUT2D eigenvalue weighted by atomic mass is 32.2. The second-order valence-corrected chi connectivity index (χ2v) is 6.33. The molecule has 0 saturated carbocycles. The second kappa shape index (κ2) is 7.35. The molecule has 2 N–H and O–H groups in total. The van der Waals surface area contributed by atoms with Crippen molar-refractivity contribution in [2.24, 2.45) is 12.8 Å². The monoisotopic (exact) mass is 319 g/mol. The average molecular weight is 319 g/mol. The summed E-state index contributed by atoms with van der Waals surface area (Å²) in [4.78, 5) is 16.6. The number of carbonyl (C=O) groups excluding carboxylic acids is 1. The van der Waals surface area contributed by atoms with Gasteiger partial charge in [0.25, 0.3) is 0 Å². The van der Waals surface area contributed by atoms with Crippen LogP contribution in [0.3, 0.4) is 0 Å². The first-order chi connectivity index (χ1) is 10.5. The lowest BCUT2D eigenvalue weighted by molar-refractivity contribution is 0.157. The first-order valence-electron chi connectivity index (χ1n) is 7.19. The fourth-order valence-electron chi connectivity index (χ4n) is 2.11. The highest BCUT2D eigenvalue weighted by Crippen LogP contribution is 2.34. The largest absolute Gasteiger partial charge is 0.449 e. The lowest BCUT2D eigenvalue weighted by Crippen LogP contribution is -2.15. The van der Waals surface area contributed by atoms with E-state index in [0.717, 1.165) is 16.5 Å². The van der Waals surface area contributed by atoms with Crippen molar-refractivity contribution < 1.29 is 9.53 Å². The average Bonchev–Trinajstić information content (AvgIpc) is 2.77. The maximum atomic E-state index is 10.7. The van der Waals surface area contributed by atoms with E-state index in [1.165, 1.54) is 4.90 Å². The third-order valence-corrected chi connectivity index (χ3v) is 4.42. The van der Waals surface area contributed by atoms with E-state index in [-0.39, 0.29) is 6.61 Å². The van der Waals surface area contributed by atoms with Crippen molar-refractivity contribution in [2.75, 3.05) is 6.61 Å². The Hall–Kier alpha value is -1.95. The zero-order valence-electron chi connectivity index (χ0n) is 13.1. The van der Waals surface area contributed by atoms with Gasteiger partial charge in [-0.3, -0.25) is 0 Å². The van der Waals surface area contributed by atoms with E-state index in [1.807, 2.05) is 25.2 Å². The van der Waals surface area contributed by atoms with Crippen molar-refractivity contribution in [3.05, 3.63) is 41.9 Å². The van der Waals surface area contributed by atoms with Crippen LogP contribution >= 0.6 is 11.8 Å². The minimum Gasteiger partial charge on any atom is -0.449 e. The summed E-state index contributed by atoms with van der Waals surface area (Å²) in [5, 5.41) is 1.12. The smallest absolute Gasteiger partial charge is 0.404 e. The van der Waals surface area contributed by atoms with Crippen LogP contribution in [0.25, 0.3) is 0 Å². The Morgan fingerprint density at radius 2 is 2.05 bits per heavy atom. The van der Waals surface area contributed by atoms with Crippen LogP contribution in [0.4, 0.5) is 4.79 Å². The SMILES string of the molecule is CC(C)c1nc(CCOC(N)=O)n(C)c1Sc1ccccc1. The van der Waals surface area contributed by atoms with Gasteiger partial charge in [0, 0.05) is 18.4 Å². The molecule has 1 heterocycles. The predicted molar refractivity (Wildman–Crippen MR) is 87.1 cm³/mol. The Labute approximate surface area is 134 Å². The maximum Gasteiger partial charge on any atom is 0.404 e. The zero-order valence-corrected chi connectivity index (χ0v) is 13.9. The number of imidazole rings is 1. The number of carbonyl (C=O) groups is 1. The molecule has 118 valence electrons. The molecule has 1 aromatic heterocycles. The fraction of sp³-hybridized carbons (Fsp3) is 0.375. The molecular weight excluding hydrogens is 298 g/mol. The number of hydrogen-bond acceptors (Lipinski definition) is 4. The number of primary amides is 1. The summed E-state index contributed by atoms with van der Waals surface area (Å²) in [5.74, 6) is 1.21. The number of amides is 1. The Balaban J connectivity index is 2.23. The molecule has 5 nitrogen and oxygen atoms in total. The topological polar surface area (TPSA) is 70.1 Å². The van der Waals surface area contributed by atoms with Gasteiger partial charge in [0.1, 0.15) is 17.5 Å². The molecule has 0 aliphatic heterocycles. The van der Waals surface area contributed by atoms with Crippen LogP contribution in [-0.2, 0) is 18.2 Å². The van der Waals surface area contributed by atoms with E-state index >= 15 is 0 Å². The number of nitrogens with two attached hydrogens (primary N) is 1. The molecule has 0 fully saturated rings. The summed E-state index contributed by atoms with van der Waals surface area (Å²) < 4.78 is 6.87. The predicted octanol–water partition coefficient (Wildman–Crippen LogP) is 3.33. The third-order valence-electron chi connectivity index (χ3n) is 3.24. The Morgan fingerprint density at radius 3 is 2.64 bits per heavy atom. The summed E-state index contributed by atoms with van der Waals surface area (Å²) in [5.41, 5.74) is 6.05. The Kier molecular flexibility index (Phi) is 5.49. The van der Waals surface area contributed by atoms with Crippen LogP contribution in [-0.4, -0.2) is 22.3 Å². The van der Waals surface area contributed by atoms with Gasteiger partial charge < -0.3 is 15.0 Å². The van der Waals surface area contributed by atoms with Crippen LogP contribution < -0.4 is 5.73 Å². The lowest BCUT2D eigenvalue weighted by Gasteiger charge is -2.08. The van der Waals surface area contributed by atoms with Gasteiger partial charge >= 0.3 is 6.09 Å². The number of hydrogen-bond donors (Lipinski definition) is 1. The Morgan fingerprint density at radius 1 is 1.36 bits per heavy atom. The first-order valence-corrected chi connectivity index (χ1v) is 8.01. The molecule has 6 heteroatoms. The molecule has 2 aromatic rings. The van der Waals surface area contributed by atoms with Gasteiger partial charge in [0.15, 0.2) is 0 Å². The van der Waals surface area contributed by atoms with Crippen LogP contribution in [0.15, 0.2) is 40.3 Å². The van der Waals surface area contributed by atoms with Crippen LogP contribution in [0, 0.1) is 0 Å². The van der Waals surface area contributed by atoms with Crippen molar-refractivity contribution >= 4 is 17.9 Å². The van der Waals surface area contributed by atoms with Crippen molar-refractivity contribution in [2.45, 2.75) is 36.1 Å². The van der Waals surface area contributed by atoms with Crippen LogP contribution in [0.1, 0.15) is 31.3 Å². The number of aromatic nitrogens is 2. The normalized spacial score (nSPS) is 10.9. The fourth-order valence-corrected chi connectivity index (χ4v) is 3.26. The molecule has 0 atom stereocenters. The second-order valence-electron chi connectivity index (χ2n) is 5.26. The summed E-state index contributed by atoms with van der Waals surface area (Å²) in [6.45, 7) is 4.50. The molecule has 0 unspecified atom stereocenters. The molecule has 0 spiro atoms. The zero-order chi connectivity index (χ0) is 16.1. The number of nitrogens with zero attached hydrogens (tertiary/aromatic N) is 2. The summed E-state index contributed by atoms with van der Waals surface area (Å²) in [6, 6.07) is 10.2. The van der Waals surface area contributed by atoms with E-state index in [2.05, 4.69) is 30.5 Å². The molecule has 0 aliphatic rings. The molecular formula is C16H21N3O2S. The first kappa shape index (κ1) is 16.4. The van der Waals surface area contributed by atoms with Gasteiger partial charge in [0.05, 0.1) is 5.69 Å². The van der Waals surface area contributed by atoms with E-state index in [1.54, 1.807) is 11.8 Å². The number of ether oxygens (including phenoxy) is 1. The van der Waals surface area contributed by atoms with Crippen LogP contribution in [0.2, 0.25) is 0 Å². The standard InChI is InChI=1S/C16H21N3O2S/c1-11(2)14-15(22-12-7-5-4-6-8-12)19(3)13(18-14)9-10-21-16(17)20/h4-8,11H,9-10H2,1-3H3,(H2,17,20). The summed E-state index contributed by atoms with van der Waals surface area (Å²) in [6.07, 6.45) is -0.203. The van der Waals surface area contributed by atoms with Crippen molar-refractivity contribution in [1.82, 2.24) is 9.55 Å². The van der Waals surface area contributed by atoms with Gasteiger partial charge in [0.2, 0.25) is 0 Å². The molecule has 0 bridgehead atoms. The van der Waals surface area contributed by atoms with E-state index in [4.69, 9.17) is 15.5 Å². The molecule has 0 aliphatic carbocycles. The molecule has 1 aromatic carbocycles. The van der Waals surface area contributed by atoms with Gasteiger partial charge in [-0.25, -0.2) is 9.78 Å². The van der Waals surface area contributed by atoms with Crippen molar-refractivity contribution in [1.29, 1.82) is 0 Å². The van der Waals surface area contributed by atoms with E-state index in [0.29, 0.717) is 12.3 Å². The van der Waals surface area contributed by atoms with E-state index < -0.39 is 6.09 Å². The molecule has 2 rings (SSSR count). The highest BCUT2D eigenvalue weighted by molar-refractivity contribution is 7.99. The minimum atomic E-state index is -0.753.